The molecule has 23 heavy (non-hydrogen) atoms. The molecule has 3 heterocycles. The summed E-state index contributed by atoms with van der Waals surface area (Å²) in [6, 6.07) is 0. The minimum absolute atomic E-state index is 0.0473. The zero-order chi connectivity index (χ0) is 16.8. The van der Waals surface area contributed by atoms with Crippen LogP contribution in [0.3, 0.4) is 0 Å². The minimum atomic E-state index is -0.848. The fourth-order valence-electron chi connectivity index (χ4n) is 4.02. The molecule has 0 radical (unpaired) electrons. The second-order valence-electron chi connectivity index (χ2n) is 6.81. The SMILES string of the molecule is Cc1c(CN2CCC3(CC2)[C@@H](C(=O)O)CC(=O)N3C)cnn1C. The first-order chi connectivity index (χ1) is 10.8. The smallest absolute Gasteiger partial charge is 0.309 e. The fourth-order valence-corrected chi connectivity index (χ4v) is 4.02. The molecule has 0 bridgehead atoms. The Balaban J connectivity index is 1.71. The highest BCUT2D eigenvalue weighted by atomic mass is 16.4. The van der Waals surface area contributed by atoms with Crippen molar-refractivity contribution >= 4 is 11.9 Å². The van der Waals surface area contributed by atoms with Gasteiger partial charge in [-0.2, -0.15) is 5.10 Å². The predicted molar refractivity (Wildman–Crippen MR) is 83.7 cm³/mol. The molecule has 2 saturated heterocycles. The van der Waals surface area contributed by atoms with Gasteiger partial charge in [0.05, 0.1) is 17.7 Å². The normalized spacial score (nSPS) is 24.6. The number of aromatic nitrogens is 2. The van der Waals surface area contributed by atoms with E-state index in [-0.39, 0.29) is 12.3 Å². The van der Waals surface area contributed by atoms with Crippen molar-refractivity contribution in [1.82, 2.24) is 19.6 Å². The Morgan fingerprint density at radius 3 is 2.57 bits per heavy atom. The summed E-state index contributed by atoms with van der Waals surface area (Å²) in [5.41, 5.74) is 1.85. The molecule has 2 aliphatic rings. The summed E-state index contributed by atoms with van der Waals surface area (Å²) in [6.45, 7) is 4.48. The van der Waals surface area contributed by atoms with Gasteiger partial charge >= 0.3 is 5.97 Å². The van der Waals surface area contributed by atoms with Crippen molar-refractivity contribution in [2.45, 2.75) is 38.3 Å². The molecular weight excluding hydrogens is 296 g/mol. The molecule has 2 fully saturated rings. The van der Waals surface area contributed by atoms with Crippen molar-refractivity contribution in [3.63, 3.8) is 0 Å². The van der Waals surface area contributed by atoms with E-state index >= 15 is 0 Å². The molecule has 1 amide bonds. The molecule has 0 unspecified atom stereocenters. The molecular formula is C16H24N4O3. The van der Waals surface area contributed by atoms with Crippen LogP contribution in [0.2, 0.25) is 0 Å². The zero-order valence-corrected chi connectivity index (χ0v) is 13.9. The highest BCUT2D eigenvalue weighted by Crippen LogP contribution is 2.43. The zero-order valence-electron chi connectivity index (χ0n) is 13.9. The van der Waals surface area contributed by atoms with Crippen LogP contribution in [0.5, 0.6) is 0 Å². The highest BCUT2D eigenvalue weighted by Gasteiger charge is 2.55. The molecule has 1 spiro atoms. The van der Waals surface area contributed by atoms with Crippen molar-refractivity contribution in [3.8, 4) is 0 Å². The molecule has 1 N–H and O–H groups in total. The Labute approximate surface area is 135 Å². The highest BCUT2D eigenvalue weighted by molar-refractivity contribution is 5.88. The number of hydrogen-bond acceptors (Lipinski definition) is 4. The number of likely N-dealkylation sites (tertiary alicyclic amines) is 2. The van der Waals surface area contributed by atoms with Crippen LogP contribution in [0.15, 0.2) is 6.20 Å². The van der Waals surface area contributed by atoms with Gasteiger partial charge in [0.15, 0.2) is 0 Å². The largest absolute Gasteiger partial charge is 0.481 e. The Morgan fingerprint density at radius 2 is 2.04 bits per heavy atom. The quantitative estimate of drug-likeness (QED) is 0.883. The standard InChI is InChI=1S/C16H24N4O3/c1-11-12(9-17-19(11)3)10-20-6-4-16(5-7-20)13(15(22)23)8-14(21)18(16)2/h9,13H,4-8,10H2,1-3H3,(H,22,23)/t13-/m1/s1. The molecule has 0 aliphatic carbocycles. The molecule has 0 aromatic carbocycles. The maximum atomic E-state index is 12.0. The molecule has 3 rings (SSSR count). The summed E-state index contributed by atoms with van der Waals surface area (Å²) in [6.07, 6.45) is 3.45. The number of nitrogens with zero attached hydrogens (tertiary/aromatic N) is 4. The van der Waals surface area contributed by atoms with Crippen molar-refractivity contribution in [2.24, 2.45) is 13.0 Å². The summed E-state index contributed by atoms with van der Waals surface area (Å²) in [4.78, 5) is 27.6. The minimum Gasteiger partial charge on any atom is -0.481 e. The number of carboxylic acid groups (broad SMARTS) is 1. The van der Waals surface area contributed by atoms with E-state index in [4.69, 9.17) is 0 Å². The van der Waals surface area contributed by atoms with E-state index in [0.29, 0.717) is 12.8 Å². The van der Waals surface area contributed by atoms with E-state index in [1.54, 1.807) is 11.9 Å². The summed E-state index contributed by atoms with van der Waals surface area (Å²) >= 11 is 0. The van der Waals surface area contributed by atoms with Crippen LogP contribution in [-0.2, 0) is 23.2 Å². The Hall–Kier alpha value is -1.89. The Kier molecular flexibility index (Phi) is 3.91. The van der Waals surface area contributed by atoms with E-state index in [1.807, 2.05) is 17.9 Å². The van der Waals surface area contributed by atoms with Crippen molar-refractivity contribution in [3.05, 3.63) is 17.5 Å². The number of aliphatic carboxylic acids is 1. The van der Waals surface area contributed by atoms with E-state index in [1.165, 1.54) is 5.56 Å². The molecule has 1 aromatic rings. The maximum Gasteiger partial charge on any atom is 0.309 e. The lowest BCUT2D eigenvalue weighted by atomic mass is 9.77. The lowest BCUT2D eigenvalue weighted by molar-refractivity contribution is -0.146. The van der Waals surface area contributed by atoms with Gasteiger partial charge in [-0.15, -0.1) is 0 Å². The van der Waals surface area contributed by atoms with Crippen LogP contribution in [0, 0.1) is 12.8 Å². The number of carbonyl (C=O) groups is 2. The van der Waals surface area contributed by atoms with Crippen LogP contribution in [0.1, 0.15) is 30.5 Å². The number of carbonyl (C=O) groups excluding carboxylic acids is 1. The molecule has 7 heteroatoms. The monoisotopic (exact) mass is 320 g/mol. The number of amides is 1. The van der Waals surface area contributed by atoms with Crippen LogP contribution in [0.25, 0.3) is 0 Å². The third-order valence-corrected chi connectivity index (χ3v) is 5.82. The Bertz CT molecular complexity index is 631. The van der Waals surface area contributed by atoms with Gasteiger partial charge in [0.1, 0.15) is 0 Å². The number of hydrogen-bond donors (Lipinski definition) is 1. The first-order valence-electron chi connectivity index (χ1n) is 8.04. The van der Waals surface area contributed by atoms with Gasteiger partial charge < -0.3 is 10.0 Å². The summed E-state index contributed by atoms with van der Waals surface area (Å²) in [7, 11) is 3.69. The summed E-state index contributed by atoms with van der Waals surface area (Å²) in [5, 5.41) is 13.8. The number of carboxylic acids is 1. The van der Waals surface area contributed by atoms with Crippen LogP contribution < -0.4 is 0 Å². The lowest BCUT2D eigenvalue weighted by Gasteiger charge is -2.45. The fraction of sp³-hybridized carbons (Fsp3) is 0.688. The second-order valence-corrected chi connectivity index (χ2v) is 6.81. The summed E-state index contributed by atoms with van der Waals surface area (Å²) < 4.78 is 1.87. The van der Waals surface area contributed by atoms with Crippen molar-refractivity contribution in [2.75, 3.05) is 20.1 Å². The third kappa shape index (κ3) is 2.52. The molecule has 7 nitrogen and oxygen atoms in total. The van der Waals surface area contributed by atoms with Gasteiger partial charge in [-0.3, -0.25) is 19.2 Å². The van der Waals surface area contributed by atoms with E-state index in [0.717, 1.165) is 25.3 Å². The van der Waals surface area contributed by atoms with Crippen LogP contribution >= 0.6 is 0 Å². The average molecular weight is 320 g/mol. The van der Waals surface area contributed by atoms with Crippen molar-refractivity contribution < 1.29 is 14.7 Å². The first kappa shape index (κ1) is 16.0. The van der Waals surface area contributed by atoms with Crippen LogP contribution in [-0.4, -0.2) is 62.2 Å². The van der Waals surface area contributed by atoms with Gasteiger partial charge in [-0.1, -0.05) is 0 Å². The van der Waals surface area contributed by atoms with Gasteiger partial charge in [0.2, 0.25) is 5.91 Å². The number of aryl methyl sites for hydroxylation is 1. The predicted octanol–water partition coefficient (Wildman–Crippen LogP) is 0.626. The van der Waals surface area contributed by atoms with Gasteiger partial charge in [0.25, 0.3) is 0 Å². The van der Waals surface area contributed by atoms with E-state index in [2.05, 4.69) is 16.9 Å². The topological polar surface area (TPSA) is 78.7 Å². The average Bonchev–Trinajstić information content (AvgIpc) is 2.96. The first-order valence-corrected chi connectivity index (χ1v) is 8.04. The molecule has 1 atom stereocenters. The molecule has 2 aliphatic heterocycles. The molecule has 1 aromatic heterocycles. The number of piperidine rings is 1. The van der Waals surface area contributed by atoms with Gasteiger partial charge in [-0.05, 0) is 19.8 Å². The molecule has 126 valence electrons. The second kappa shape index (κ2) is 5.63. The van der Waals surface area contributed by atoms with Crippen molar-refractivity contribution in [1.29, 1.82) is 0 Å². The van der Waals surface area contributed by atoms with Crippen LogP contribution in [0.4, 0.5) is 0 Å². The lowest BCUT2D eigenvalue weighted by Crippen LogP contribution is -2.55. The number of rotatable bonds is 3. The molecule has 0 saturated carbocycles. The summed E-state index contributed by atoms with van der Waals surface area (Å²) in [5.74, 6) is -1.48. The van der Waals surface area contributed by atoms with Gasteiger partial charge in [0, 0.05) is 51.4 Å². The third-order valence-electron chi connectivity index (χ3n) is 5.82. The van der Waals surface area contributed by atoms with E-state index < -0.39 is 17.4 Å². The Morgan fingerprint density at radius 1 is 1.39 bits per heavy atom. The maximum absolute atomic E-state index is 12.0. The van der Waals surface area contributed by atoms with Gasteiger partial charge in [-0.25, -0.2) is 0 Å². The van der Waals surface area contributed by atoms with E-state index in [9.17, 15) is 14.7 Å².